The molecular weight excluding hydrogens is 349 g/mol. The van der Waals surface area contributed by atoms with Gasteiger partial charge in [0.15, 0.2) is 0 Å². The maximum absolute atomic E-state index is 13.7. The second kappa shape index (κ2) is 6.98. The van der Waals surface area contributed by atoms with Gasteiger partial charge in [0.2, 0.25) is 0 Å². The maximum atomic E-state index is 13.7. The van der Waals surface area contributed by atoms with Crippen LogP contribution in [-0.4, -0.2) is 37.3 Å². The zero-order valence-corrected chi connectivity index (χ0v) is 14.5. The van der Waals surface area contributed by atoms with Crippen molar-refractivity contribution in [3.8, 4) is 11.1 Å². The molecule has 2 aromatic carbocycles. The van der Waals surface area contributed by atoms with E-state index in [1.165, 1.54) is 5.56 Å². The zero-order valence-electron chi connectivity index (χ0n) is 13.6. The minimum atomic E-state index is -4.27. The molecule has 0 amide bonds. The number of hydrogen-bond acceptors (Lipinski definition) is 2. The molecule has 0 bridgehead atoms. The van der Waals surface area contributed by atoms with Crippen LogP contribution in [0.5, 0.6) is 0 Å². The summed E-state index contributed by atoms with van der Waals surface area (Å²) in [5.74, 6) is 0. The van der Waals surface area contributed by atoms with Crippen LogP contribution >= 0.6 is 12.4 Å². The molecule has 1 aliphatic heterocycles. The van der Waals surface area contributed by atoms with E-state index in [-0.39, 0.29) is 12.4 Å². The van der Waals surface area contributed by atoms with Crippen LogP contribution in [-0.2, 0) is 6.42 Å². The fourth-order valence-electron chi connectivity index (χ4n) is 3.88. The van der Waals surface area contributed by atoms with Gasteiger partial charge < -0.3 is 5.32 Å². The monoisotopic (exact) mass is 368 g/mol. The summed E-state index contributed by atoms with van der Waals surface area (Å²) in [4.78, 5) is 1.54. The van der Waals surface area contributed by atoms with Gasteiger partial charge in [0.05, 0.1) is 0 Å². The van der Waals surface area contributed by atoms with Crippen molar-refractivity contribution in [3.63, 3.8) is 0 Å². The van der Waals surface area contributed by atoms with Gasteiger partial charge in [-0.15, -0.1) is 12.4 Å². The molecule has 2 aliphatic rings. The van der Waals surface area contributed by atoms with Crippen LogP contribution in [0.25, 0.3) is 11.1 Å². The first kappa shape index (κ1) is 18.2. The molecule has 1 heterocycles. The molecule has 2 nitrogen and oxygen atoms in total. The Hall–Kier alpha value is -1.56. The van der Waals surface area contributed by atoms with Crippen molar-refractivity contribution in [2.75, 3.05) is 26.2 Å². The third-order valence-corrected chi connectivity index (χ3v) is 4.96. The molecule has 134 valence electrons. The number of nitrogens with zero attached hydrogens (tertiary/aromatic N) is 1. The Labute approximate surface area is 151 Å². The lowest BCUT2D eigenvalue weighted by Gasteiger charge is -2.36. The van der Waals surface area contributed by atoms with Gasteiger partial charge in [-0.1, -0.05) is 42.5 Å². The number of rotatable bonds is 2. The van der Waals surface area contributed by atoms with E-state index >= 15 is 0 Å². The fourth-order valence-corrected chi connectivity index (χ4v) is 3.88. The van der Waals surface area contributed by atoms with Crippen molar-refractivity contribution < 1.29 is 13.2 Å². The highest BCUT2D eigenvalue weighted by Crippen LogP contribution is 2.42. The van der Waals surface area contributed by atoms with E-state index in [0.29, 0.717) is 38.2 Å². The third-order valence-electron chi connectivity index (χ3n) is 4.96. The SMILES string of the molecule is Cl.FC(F)(F)[C@H](c1ccc2c(c1)Cc1ccccc1-2)N1CCNCC1. The molecule has 1 atom stereocenters. The summed E-state index contributed by atoms with van der Waals surface area (Å²) in [6, 6.07) is 11.8. The first-order valence-electron chi connectivity index (χ1n) is 8.26. The molecule has 0 aromatic heterocycles. The average molecular weight is 369 g/mol. The van der Waals surface area contributed by atoms with Crippen molar-refractivity contribution in [3.05, 3.63) is 59.2 Å². The van der Waals surface area contributed by atoms with Crippen LogP contribution in [0.2, 0.25) is 0 Å². The van der Waals surface area contributed by atoms with Crippen LogP contribution in [0.1, 0.15) is 22.7 Å². The van der Waals surface area contributed by atoms with Crippen LogP contribution in [0.4, 0.5) is 13.2 Å². The van der Waals surface area contributed by atoms with Crippen molar-refractivity contribution in [1.82, 2.24) is 10.2 Å². The van der Waals surface area contributed by atoms with E-state index < -0.39 is 12.2 Å². The van der Waals surface area contributed by atoms with Crippen LogP contribution in [0.15, 0.2) is 42.5 Å². The summed E-state index contributed by atoms with van der Waals surface area (Å²) in [6.07, 6.45) is -3.55. The standard InChI is InChI=1S/C19H19F3N2.ClH/c20-19(21,22)18(24-9-7-23-8-10-24)14-5-6-17-15(12-14)11-13-3-1-2-4-16(13)17;/h1-6,12,18,23H,7-11H2;1H/t18-;/m0./s1. The van der Waals surface area contributed by atoms with Crippen molar-refractivity contribution >= 4 is 12.4 Å². The summed E-state index contributed by atoms with van der Waals surface area (Å²) in [5.41, 5.74) is 4.75. The molecule has 1 saturated heterocycles. The van der Waals surface area contributed by atoms with Gasteiger partial charge in [0.1, 0.15) is 6.04 Å². The number of halogens is 4. The van der Waals surface area contributed by atoms with Gasteiger partial charge in [-0.05, 0) is 34.2 Å². The fraction of sp³-hybridized carbons (Fsp3) is 0.368. The molecule has 0 saturated carbocycles. The Morgan fingerprint density at radius 2 is 1.60 bits per heavy atom. The van der Waals surface area contributed by atoms with Gasteiger partial charge in [-0.2, -0.15) is 13.2 Å². The first-order valence-corrected chi connectivity index (χ1v) is 8.26. The quantitative estimate of drug-likeness (QED) is 0.729. The van der Waals surface area contributed by atoms with E-state index in [2.05, 4.69) is 5.32 Å². The topological polar surface area (TPSA) is 15.3 Å². The van der Waals surface area contributed by atoms with Crippen LogP contribution in [0.3, 0.4) is 0 Å². The van der Waals surface area contributed by atoms with Crippen molar-refractivity contribution in [2.45, 2.75) is 18.6 Å². The van der Waals surface area contributed by atoms with Crippen molar-refractivity contribution in [1.29, 1.82) is 0 Å². The second-order valence-corrected chi connectivity index (χ2v) is 6.48. The van der Waals surface area contributed by atoms with E-state index in [1.807, 2.05) is 30.3 Å². The Morgan fingerprint density at radius 1 is 0.920 bits per heavy atom. The first-order chi connectivity index (χ1) is 11.5. The summed E-state index contributed by atoms with van der Waals surface area (Å²) < 4.78 is 41.2. The minimum Gasteiger partial charge on any atom is -0.314 e. The van der Waals surface area contributed by atoms with Crippen LogP contribution in [0, 0.1) is 0 Å². The van der Waals surface area contributed by atoms with Gasteiger partial charge in [-0.3, -0.25) is 4.90 Å². The summed E-state index contributed by atoms with van der Waals surface area (Å²) in [7, 11) is 0. The molecule has 1 fully saturated rings. The van der Waals surface area contributed by atoms with Gasteiger partial charge in [0.25, 0.3) is 0 Å². The van der Waals surface area contributed by atoms with Gasteiger partial charge in [-0.25, -0.2) is 0 Å². The number of benzene rings is 2. The summed E-state index contributed by atoms with van der Waals surface area (Å²) in [5, 5.41) is 3.12. The number of fused-ring (bicyclic) bond motifs is 3. The number of hydrogen-bond donors (Lipinski definition) is 1. The molecule has 0 radical (unpaired) electrons. The third kappa shape index (κ3) is 3.41. The predicted molar refractivity (Wildman–Crippen MR) is 95.2 cm³/mol. The van der Waals surface area contributed by atoms with Gasteiger partial charge in [0, 0.05) is 26.2 Å². The van der Waals surface area contributed by atoms with E-state index in [1.54, 1.807) is 17.0 Å². The predicted octanol–water partition coefficient (Wildman–Crippen LogP) is 4.19. The smallest absolute Gasteiger partial charge is 0.314 e. The molecule has 2 aromatic rings. The molecular formula is C19H20ClF3N2. The van der Waals surface area contributed by atoms with Gasteiger partial charge >= 0.3 is 6.18 Å². The summed E-state index contributed by atoms with van der Waals surface area (Å²) in [6.45, 7) is 2.04. The largest absolute Gasteiger partial charge is 0.408 e. The second-order valence-electron chi connectivity index (χ2n) is 6.48. The zero-order chi connectivity index (χ0) is 16.7. The minimum absolute atomic E-state index is 0. The molecule has 4 rings (SSSR count). The lowest BCUT2D eigenvalue weighted by Crippen LogP contribution is -2.49. The Morgan fingerprint density at radius 3 is 2.32 bits per heavy atom. The molecule has 6 heteroatoms. The summed E-state index contributed by atoms with van der Waals surface area (Å²) >= 11 is 0. The van der Waals surface area contributed by atoms with Crippen molar-refractivity contribution in [2.24, 2.45) is 0 Å². The maximum Gasteiger partial charge on any atom is 0.408 e. The van der Waals surface area contributed by atoms with E-state index in [9.17, 15) is 13.2 Å². The molecule has 0 unspecified atom stereocenters. The van der Waals surface area contributed by atoms with Crippen LogP contribution < -0.4 is 5.32 Å². The van der Waals surface area contributed by atoms with E-state index in [0.717, 1.165) is 16.7 Å². The Kier molecular flexibility index (Phi) is 5.09. The lowest BCUT2D eigenvalue weighted by molar-refractivity contribution is -0.187. The van der Waals surface area contributed by atoms with E-state index in [4.69, 9.17) is 0 Å². The Bertz CT molecular complexity index is 755. The molecule has 1 N–H and O–H groups in total. The number of alkyl halides is 3. The highest BCUT2D eigenvalue weighted by molar-refractivity contribution is 5.85. The molecule has 1 aliphatic carbocycles. The average Bonchev–Trinajstić information content (AvgIpc) is 2.92. The molecule has 0 spiro atoms. The lowest BCUT2D eigenvalue weighted by atomic mass is 9.98. The number of piperazine rings is 1. The normalized spacial score (nSPS) is 18.2. The Balaban J connectivity index is 0.00000182. The number of nitrogens with one attached hydrogen (secondary N) is 1. The highest BCUT2D eigenvalue weighted by atomic mass is 35.5. The highest BCUT2D eigenvalue weighted by Gasteiger charge is 2.45. The molecule has 25 heavy (non-hydrogen) atoms.